The van der Waals surface area contributed by atoms with E-state index < -0.39 is 0 Å². The molecule has 0 bridgehead atoms. The Balaban J connectivity index is 2.55. The summed E-state index contributed by atoms with van der Waals surface area (Å²) in [5.41, 5.74) is 3.77. The lowest BCUT2D eigenvalue weighted by Gasteiger charge is -2.05. The van der Waals surface area contributed by atoms with Crippen molar-refractivity contribution >= 4 is 11.6 Å². The van der Waals surface area contributed by atoms with Gasteiger partial charge in [0.1, 0.15) is 0 Å². The van der Waals surface area contributed by atoms with Gasteiger partial charge in [0.15, 0.2) is 0 Å². The van der Waals surface area contributed by atoms with Gasteiger partial charge in [-0.1, -0.05) is 41.4 Å². The quantitative estimate of drug-likeness (QED) is 0.717. The predicted octanol–water partition coefficient (Wildman–Crippen LogP) is 4.19. The van der Waals surface area contributed by atoms with Crippen molar-refractivity contribution < 1.29 is 0 Å². The van der Waals surface area contributed by atoms with Crippen molar-refractivity contribution in [3.05, 3.63) is 58.6 Å². The molecule has 2 heteroatoms. The Morgan fingerprint density at radius 2 is 1.75 bits per heavy atom. The molecule has 0 saturated heterocycles. The van der Waals surface area contributed by atoms with Gasteiger partial charge in [0.2, 0.25) is 0 Å². The zero-order chi connectivity index (χ0) is 11.5. The van der Waals surface area contributed by atoms with Gasteiger partial charge in [-0.3, -0.25) is 0 Å². The molecular weight excluding hydrogens is 218 g/mol. The van der Waals surface area contributed by atoms with Gasteiger partial charge >= 0.3 is 0 Å². The first-order valence-corrected chi connectivity index (χ1v) is 5.35. The minimum absolute atomic E-state index is 0.625. The first kappa shape index (κ1) is 10.7. The van der Waals surface area contributed by atoms with Gasteiger partial charge in [-0.25, -0.2) is 0 Å². The molecule has 0 atom stereocenters. The third-order valence-electron chi connectivity index (χ3n) is 2.46. The fourth-order valence-corrected chi connectivity index (χ4v) is 1.78. The maximum atomic E-state index is 8.85. The van der Waals surface area contributed by atoms with Crippen LogP contribution in [0.25, 0.3) is 11.1 Å². The number of nitrogens with zero attached hydrogens (tertiary/aromatic N) is 1. The minimum atomic E-state index is 0.625. The molecule has 16 heavy (non-hydrogen) atoms. The smallest absolute Gasteiger partial charge is 0.0991 e. The summed E-state index contributed by atoms with van der Waals surface area (Å²) in [6, 6.07) is 15.5. The Kier molecular flexibility index (Phi) is 2.94. The molecule has 2 rings (SSSR count). The lowest BCUT2D eigenvalue weighted by molar-refractivity contribution is 1.46. The van der Waals surface area contributed by atoms with Crippen molar-refractivity contribution in [3.8, 4) is 17.2 Å². The second kappa shape index (κ2) is 4.38. The molecule has 2 aromatic carbocycles. The number of hydrogen-bond acceptors (Lipinski definition) is 1. The highest BCUT2D eigenvalue weighted by atomic mass is 35.5. The molecule has 0 aliphatic heterocycles. The van der Waals surface area contributed by atoms with Crippen molar-refractivity contribution in [2.45, 2.75) is 6.92 Å². The largest absolute Gasteiger partial charge is 0.192 e. The monoisotopic (exact) mass is 227 g/mol. The lowest BCUT2D eigenvalue weighted by Crippen LogP contribution is -1.82. The summed E-state index contributed by atoms with van der Waals surface area (Å²) in [7, 11) is 0. The summed E-state index contributed by atoms with van der Waals surface area (Å²) < 4.78 is 0. The average molecular weight is 228 g/mol. The highest BCUT2D eigenvalue weighted by molar-refractivity contribution is 6.33. The van der Waals surface area contributed by atoms with Crippen LogP contribution in [0.3, 0.4) is 0 Å². The van der Waals surface area contributed by atoms with Gasteiger partial charge < -0.3 is 0 Å². The number of nitriles is 1. The van der Waals surface area contributed by atoms with Gasteiger partial charge in [0, 0.05) is 10.6 Å². The Morgan fingerprint density at radius 1 is 1.06 bits per heavy atom. The van der Waals surface area contributed by atoms with Gasteiger partial charge in [0.05, 0.1) is 11.6 Å². The predicted molar refractivity (Wildman–Crippen MR) is 66.3 cm³/mol. The molecule has 0 heterocycles. The van der Waals surface area contributed by atoms with Crippen molar-refractivity contribution in [1.29, 1.82) is 5.26 Å². The summed E-state index contributed by atoms with van der Waals surface area (Å²) in [5, 5.41) is 9.52. The lowest BCUT2D eigenvalue weighted by atomic mass is 10.0. The van der Waals surface area contributed by atoms with Crippen LogP contribution in [0, 0.1) is 18.3 Å². The maximum absolute atomic E-state index is 8.85. The summed E-state index contributed by atoms with van der Waals surface area (Å²) in [5.74, 6) is 0. The number of hydrogen-bond donors (Lipinski definition) is 0. The van der Waals surface area contributed by atoms with Crippen molar-refractivity contribution in [2.75, 3.05) is 0 Å². The van der Waals surface area contributed by atoms with E-state index in [4.69, 9.17) is 16.9 Å². The SMILES string of the molecule is Cc1ccc(-c2cc(C#N)ccc2Cl)cc1. The normalized spacial score (nSPS) is 9.81. The summed E-state index contributed by atoms with van der Waals surface area (Å²) >= 11 is 6.12. The second-order valence-electron chi connectivity index (χ2n) is 3.67. The van der Waals surface area contributed by atoms with Crippen LogP contribution in [0.15, 0.2) is 42.5 Å². The van der Waals surface area contributed by atoms with E-state index in [0.29, 0.717) is 10.6 Å². The summed E-state index contributed by atoms with van der Waals surface area (Å²) in [6.07, 6.45) is 0. The van der Waals surface area contributed by atoms with Crippen molar-refractivity contribution in [3.63, 3.8) is 0 Å². The number of benzene rings is 2. The molecule has 0 radical (unpaired) electrons. The number of aryl methyl sites for hydroxylation is 1. The fraction of sp³-hybridized carbons (Fsp3) is 0.0714. The van der Waals surface area contributed by atoms with Crippen LogP contribution < -0.4 is 0 Å². The summed E-state index contributed by atoms with van der Waals surface area (Å²) in [4.78, 5) is 0. The van der Waals surface area contributed by atoms with E-state index in [9.17, 15) is 0 Å². The van der Waals surface area contributed by atoms with Crippen LogP contribution in [0.2, 0.25) is 5.02 Å². The van der Waals surface area contributed by atoms with E-state index in [1.165, 1.54) is 5.56 Å². The Morgan fingerprint density at radius 3 is 2.38 bits per heavy atom. The van der Waals surface area contributed by atoms with E-state index in [2.05, 4.69) is 6.07 Å². The van der Waals surface area contributed by atoms with Gasteiger partial charge in [-0.2, -0.15) is 5.26 Å². The molecule has 78 valence electrons. The highest BCUT2D eigenvalue weighted by Gasteiger charge is 2.04. The topological polar surface area (TPSA) is 23.8 Å². The third kappa shape index (κ3) is 2.08. The van der Waals surface area contributed by atoms with Crippen LogP contribution >= 0.6 is 11.6 Å². The number of halogens is 1. The minimum Gasteiger partial charge on any atom is -0.192 e. The van der Waals surface area contributed by atoms with Crippen molar-refractivity contribution in [1.82, 2.24) is 0 Å². The van der Waals surface area contributed by atoms with Crippen LogP contribution in [0.5, 0.6) is 0 Å². The zero-order valence-corrected chi connectivity index (χ0v) is 9.62. The summed E-state index contributed by atoms with van der Waals surface area (Å²) in [6.45, 7) is 2.04. The third-order valence-corrected chi connectivity index (χ3v) is 2.79. The van der Waals surface area contributed by atoms with E-state index in [0.717, 1.165) is 11.1 Å². The van der Waals surface area contributed by atoms with Crippen molar-refractivity contribution in [2.24, 2.45) is 0 Å². The molecule has 2 aromatic rings. The van der Waals surface area contributed by atoms with E-state index in [1.54, 1.807) is 12.1 Å². The van der Waals surface area contributed by atoms with Crippen LogP contribution in [-0.4, -0.2) is 0 Å². The van der Waals surface area contributed by atoms with Gasteiger partial charge in [0.25, 0.3) is 0 Å². The molecular formula is C14H10ClN. The van der Waals surface area contributed by atoms with E-state index in [1.807, 2.05) is 37.3 Å². The molecule has 0 N–H and O–H groups in total. The molecule has 0 aromatic heterocycles. The molecule has 0 amide bonds. The Hall–Kier alpha value is -1.78. The van der Waals surface area contributed by atoms with Gasteiger partial charge in [-0.15, -0.1) is 0 Å². The second-order valence-corrected chi connectivity index (χ2v) is 4.08. The molecule has 0 saturated carbocycles. The van der Waals surface area contributed by atoms with Crippen LogP contribution in [-0.2, 0) is 0 Å². The first-order chi connectivity index (χ1) is 7.70. The van der Waals surface area contributed by atoms with Gasteiger partial charge in [-0.05, 0) is 30.7 Å². The highest BCUT2D eigenvalue weighted by Crippen LogP contribution is 2.28. The number of rotatable bonds is 1. The van der Waals surface area contributed by atoms with E-state index >= 15 is 0 Å². The Bertz CT molecular complexity index is 550. The first-order valence-electron chi connectivity index (χ1n) is 4.97. The molecule has 0 spiro atoms. The van der Waals surface area contributed by atoms with E-state index in [-0.39, 0.29) is 0 Å². The molecule has 0 fully saturated rings. The average Bonchev–Trinajstić information content (AvgIpc) is 2.31. The molecule has 1 nitrogen and oxygen atoms in total. The van der Waals surface area contributed by atoms with Crippen LogP contribution in [0.1, 0.15) is 11.1 Å². The maximum Gasteiger partial charge on any atom is 0.0991 e. The van der Waals surface area contributed by atoms with Crippen LogP contribution in [0.4, 0.5) is 0 Å². The molecule has 0 aliphatic carbocycles. The molecule has 0 aliphatic rings. The Labute approximate surface area is 99.9 Å². The zero-order valence-electron chi connectivity index (χ0n) is 8.87. The molecule has 0 unspecified atom stereocenters. The fourth-order valence-electron chi connectivity index (χ4n) is 1.55. The standard InChI is InChI=1S/C14H10ClN/c1-10-2-5-12(6-3-10)13-8-11(9-16)4-7-14(13)15/h2-8H,1H3.